The van der Waals surface area contributed by atoms with Gasteiger partial charge in [0.25, 0.3) is 0 Å². The second kappa shape index (κ2) is 23.4. The zero-order valence-electron chi connectivity index (χ0n) is 31.5. The van der Waals surface area contributed by atoms with Gasteiger partial charge in [-0.3, -0.25) is 14.2 Å². The molecule has 51 heavy (non-hydrogen) atoms. The zero-order chi connectivity index (χ0) is 36.8. The molecule has 0 unspecified atom stereocenters. The minimum absolute atomic E-state index is 0.105. The van der Waals surface area contributed by atoms with E-state index in [0.29, 0.717) is 35.8 Å². The van der Waals surface area contributed by atoms with E-state index in [1.165, 1.54) is 70.6 Å². The van der Waals surface area contributed by atoms with Crippen LogP contribution in [0.4, 0.5) is 5.69 Å². The molecule has 1 heterocycles. The summed E-state index contributed by atoms with van der Waals surface area (Å²) in [5.41, 5.74) is 1.58. The Morgan fingerprint density at radius 1 is 0.765 bits per heavy atom. The van der Waals surface area contributed by atoms with E-state index in [1.807, 2.05) is 51.1 Å². The number of ketones is 1. The third kappa shape index (κ3) is 14.6. The van der Waals surface area contributed by atoms with E-state index in [-0.39, 0.29) is 17.5 Å². The summed E-state index contributed by atoms with van der Waals surface area (Å²) in [6, 6.07) is 13.9. The van der Waals surface area contributed by atoms with Crippen molar-refractivity contribution in [1.82, 2.24) is 9.55 Å². The van der Waals surface area contributed by atoms with E-state index in [0.717, 1.165) is 37.7 Å². The molecule has 2 N–H and O–H groups in total. The summed E-state index contributed by atoms with van der Waals surface area (Å²) >= 11 is 0. The first kappa shape index (κ1) is 41.3. The van der Waals surface area contributed by atoms with E-state index in [1.54, 1.807) is 22.8 Å². The molecule has 280 valence electrons. The number of carbonyl (C=O) groups excluding carboxylic acids is 3. The highest BCUT2D eigenvalue weighted by Crippen LogP contribution is 2.29. The standard InChI is InChI=1S/C42H61N3O6/c1-5-7-9-10-11-12-13-14-15-16-17-18-19-23-29-50-41(48)34-26-27-35(37(30-34)51-32(3)4)43-38(47)31-36(46)39-40(33-24-21-20-22-25-33)45(28-8-6-2)42(49)44-39/h20-22,24-27,30,32H,5-19,23,28-29,31H2,1-4H3,(H,43,47)(H,44,49). The number of anilines is 1. The number of rotatable bonds is 26. The number of hydrogen-bond acceptors (Lipinski definition) is 6. The normalized spacial score (nSPS) is 11.2. The lowest BCUT2D eigenvalue weighted by Gasteiger charge is -2.16. The van der Waals surface area contributed by atoms with Gasteiger partial charge in [-0.2, -0.15) is 0 Å². The van der Waals surface area contributed by atoms with Crippen molar-refractivity contribution in [3.05, 3.63) is 70.3 Å². The van der Waals surface area contributed by atoms with Gasteiger partial charge in [-0.05, 0) is 44.9 Å². The summed E-state index contributed by atoms with van der Waals surface area (Å²) in [4.78, 5) is 55.0. The Morgan fingerprint density at radius 3 is 1.94 bits per heavy atom. The molecular weight excluding hydrogens is 642 g/mol. The lowest BCUT2D eigenvalue weighted by Crippen LogP contribution is -2.19. The maximum Gasteiger partial charge on any atom is 0.338 e. The number of amides is 1. The minimum atomic E-state index is -0.567. The highest BCUT2D eigenvalue weighted by molar-refractivity contribution is 6.12. The van der Waals surface area contributed by atoms with Crippen LogP contribution in [0.15, 0.2) is 53.3 Å². The van der Waals surface area contributed by atoms with E-state index in [9.17, 15) is 19.2 Å². The van der Waals surface area contributed by atoms with Gasteiger partial charge in [0.2, 0.25) is 5.91 Å². The maximum absolute atomic E-state index is 13.4. The highest BCUT2D eigenvalue weighted by Gasteiger charge is 2.24. The third-order valence-corrected chi connectivity index (χ3v) is 8.95. The predicted octanol–water partition coefficient (Wildman–Crippen LogP) is 10.3. The van der Waals surface area contributed by atoms with Crippen LogP contribution in [0.3, 0.4) is 0 Å². The van der Waals surface area contributed by atoms with Crippen molar-refractivity contribution in [1.29, 1.82) is 0 Å². The molecule has 1 aromatic heterocycles. The molecule has 1 amide bonds. The van der Waals surface area contributed by atoms with Gasteiger partial charge < -0.3 is 19.8 Å². The molecule has 0 radical (unpaired) electrons. The highest BCUT2D eigenvalue weighted by atomic mass is 16.5. The molecule has 0 saturated heterocycles. The Hall–Kier alpha value is -4.14. The minimum Gasteiger partial charge on any atom is -0.489 e. The predicted molar refractivity (Wildman–Crippen MR) is 206 cm³/mol. The molecule has 0 atom stereocenters. The molecule has 0 bridgehead atoms. The number of nitrogens with zero attached hydrogens (tertiary/aromatic N) is 1. The van der Waals surface area contributed by atoms with Crippen molar-refractivity contribution in [2.75, 3.05) is 11.9 Å². The third-order valence-electron chi connectivity index (χ3n) is 8.95. The molecule has 0 spiro atoms. The van der Waals surface area contributed by atoms with Crippen molar-refractivity contribution >= 4 is 23.3 Å². The van der Waals surface area contributed by atoms with E-state index >= 15 is 0 Å². The number of nitrogens with one attached hydrogen (secondary N) is 2. The number of imidazole rings is 1. The van der Waals surface area contributed by atoms with Crippen molar-refractivity contribution in [2.24, 2.45) is 0 Å². The Bertz CT molecular complexity index is 1540. The van der Waals surface area contributed by atoms with Crippen LogP contribution in [-0.4, -0.2) is 39.9 Å². The molecule has 2 aromatic carbocycles. The van der Waals surface area contributed by atoms with Crippen LogP contribution in [0.2, 0.25) is 0 Å². The summed E-state index contributed by atoms with van der Waals surface area (Å²) in [5, 5.41) is 2.76. The number of ether oxygens (including phenoxy) is 2. The first-order valence-corrected chi connectivity index (χ1v) is 19.4. The largest absolute Gasteiger partial charge is 0.489 e. The van der Waals surface area contributed by atoms with Crippen LogP contribution in [0.1, 0.15) is 158 Å². The van der Waals surface area contributed by atoms with Crippen LogP contribution in [0.5, 0.6) is 5.75 Å². The van der Waals surface area contributed by atoms with Crippen LogP contribution in [0.25, 0.3) is 11.3 Å². The molecular formula is C42H61N3O6. The van der Waals surface area contributed by atoms with Crippen molar-refractivity contribution in [3.8, 4) is 17.0 Å². The van der Waals surface area contributed by atoms with Crippen LogP contribution < -0.4 is 15.7 Å². The number of aromatic nitrogens is 2. The second-order valence-corrected chi connectivity index (χ2v) is 13.8. The monoisotopic (exact) mass is 703 g/mol. The topological polar surface area (TPSA) is 119 Å². The van der Waals surface area contributed by atoms with Crippen LogP contribution >= 0.6 is 0 Å². The van der Waals surface area contributed by atoms with E-state index < -0.39 is 24.1 Å². The van der Waals surface area contributed by atoms with Gasteiger partial charge in [0, 0.05) is 12.1 Å². The molecule has 0 fully saturated rings. The van der Waals surface area contributed by atoms with E-state index in [4.69, 9.17) is 9.47 Å². The molecule has 9 nitrogen and oxygen atoms in total. The average molecular weight is 704 g/mol. The summed E-state index contributed by atoms with van der Waals surface area (Å²) in [5.74, 6) is -1.21. The van der Waals surface area contributed by atoms with Gasteiger partial charge in [-0.1, -0.05) is 134 Å². The summed E-state index contributed by atoms with van der Waals surface area (Å²) in [6.07, 6.45) is 18.6. The number of aromatic amines is 1. The van der Waals surface area contributed by atoms with E-state index in [2.05, 4.69) is 17.2 Å². The number of H-pyrrole nitrogens is 1. The van der Waals surface area contributed by atoms with Gasteiger partial charge in [0.1, 0.15) is 11.4 Å². The van der Waals surface area contributed by atoms with Crippen LogP contribution in [-0.2, 0) is 16.1 Å². The Balaban J connectivity index is 1.49. The SMILES string of the molecule is CCCCCCCCCCCCCCCCOC(=O)c1ccc(NC(=O)CC(=O)c2[nH]c(=O)n(CCCC)c2-c2ccccc2)c(OC(C)C)c1. The van der Waals surface area contributed by atoms with Crippen LogP contribution in [0, 0.1) is 0 Å². The number of Topliss-reactive ketones (excluding diaryl/α,β-unsaturated/α-hetero) is 1. The molecule has 0 saturated carbocycles. The van der Waals surface area contributed by atoms with Gasteiger partial charge in [-0.15, -0.1) is 0 Å². The summed E-state index contributed by atoms with van der Waals surface area (Å²) in [6.45, 7) is 8.80. The average Bonchev–Trinajstić information content (AvgIpc) is 3.45. The molecule has 3 rings (SSSR count). The van der Waals surface area contributed by atoms with Crippen molar-refractivity contribution in [3.63, 3.8) is 0 Å². The molecule has 3 aromatic rings. The smallest absolute Gasteiger partial charge is 0.338 e. The Morgan fingerprint density at radius 2 is 1.35 bits per heavy atom. The fraction of sp³-hybridized carbons (Fsp3) is 0.571. The number of hydrogen-bond donors (Lipinski definition) is 2. The maximum atomic E-state index is 13.4. The van der Waals surface area contributed by atoms with Gasteiger partial charge in [-0.25, -0.2) is 9.59 Å². The fourth-order valence-corrected chi connectivity index (χ4v) is 6.18. The fourth-order valence-electron chi connectivity index (χ4n) is 6.18. The first-order chi connectivity index (χ1) is 24.7. The summed E-state index contributed by atoms with van der Waals surface area (Å²) in [7, 11) is 0. The molecule has 9 heteroatoms. The molecule has 0 aliphatic rings. The summed E-state index contributed by atoms with van der Waals surface area (Å²) < 4.78 is 13.0. The Labute approximate surface area is 304 Å². The number of carbonyl (C=O) groups is 3. The second-order valence-electron chi connectivity index (χ2n) is 13.8. The lowest BCUT2D eigenvalue weighted by molar-refractivity contribution is -0.115. The van der Waals surface area contributed by atoms with Crippen molar-refractivity contribution in [2.45, 2.75) is 149 Å². The van der Waals surface area contributed by atoms with Gasteiger partial charge in [0.15, 0.2) is 5.78 Å². The van der Waals surface area contributed by atoms with Gasteiger partial charge in [0.05, 0.1) is 36.1 Å². The number of esters is 1. The van der Waals surface area contributed by atoms with Gasteiger partial charge >= 0.3 is 11.7 Å². The number of unbranched alkanes of at least 4 members (excludes halogenated alkanes) is 14. The molecule has 0 aliphatic heterocycles. The first-order valence-electron chi connectivity index (χ1n) is 19.4. The number of benzene rings is 2. The van der Waals surface area contributed by atoms with Crippen molar-refractivity contribution < 1.29 is 23.9 Å². The lowest BCUT2D eigenvalue weighted by atomic mass is 10.0. The quantitative estimate of drug-likeness (QED) is 0.0372. The zero-order valence-corrected chi connectivity index (χ0v) is 31.5. The molecule has 0 aliphatic carbocycles. The Kier molecular flexibility index (Phi) is 18.9.